The quantitative estimate of drug-likeness (QED) is 0.420. The Morgan fingerprint density at radius 3 is 2.53 bits per heavy atom. The van der Waals surface area contributed by atoms with Gasteiger partial charge in [0.15, 0.2) is 0 Å². The number of ether oxygens (including phenoxy) is 1. The molecule has 0 aliphatic carbocycles. The number of sulfonamides is 1. The van der Waals surface area contributed by atoms with E-state index in [0.717, 1.165) is 17.2 Å². The molecule has 0 spiro atoms. The van der Waals surface area contributed by atoms with E-state index in [2.05, 4.69) is 0 Å². The summed E-state index contributed by atoms with van der Waals surface area (Å²) < 4.78 is 28.4. The number of nitro benzene ring substituents is 1. The Morgan fingerprint density at radius 2 is 1.93 bits per heavy atom. The van der Waals surface area contributed by atoms with Gasteiger partial charge < -0.3 is 9.64 Å². The first-order valence-electron chi connectivity index (χ1n) is 9.43. The second-order valence-electron chi connectivity index (χ2n) is 7.31. The van der Waals surface area contributed by atoms with Gasteiger partial charge in [0, 0.05) is 19.2 Å². The van der Waals surface area contributed by atoms with Gasteiger partial charge in [-0.05, 0) is 37.5 Å². The van der Waals surface area contributed by atoms with E-state index >= 15 is 0 Å². The fourth-order valence-electron chi connectivity index (χ4n) is 3.52. The molecule has 2 aromatic carbocycles. The number of hydrogen-bond donors (Lipinski definition) is 1. The molecule has 9 nitrogen and oxygen atoms in total. The molecule has 0 radical (unpaired) electrons. The van der Waals surface area contributed by atoms with Crippen LogP contribution in [-0.4, -0.2) is 32.4 Å². The molecule has 1 saturated heterocycles. The van der Waals surface area contributed by atoms with Crippen LogP contribution in [0.25, 0.3) is 0 Å². The molecule has 1 aliphatic heterocycles. The van der Waals surface area contributed by atoms with E-state index in [1.54, 1.807) is 4.90 Å². The van der Waals surface area contributed by atoms with E-state index in [1.807, 2.05) is 31.2 Å². The van der Waals surface area contributed by atoms with Crippen LogP contribution in [0.5, 0.6) is 0 Å². The Hall–Kier alpha value is -2.98. The van der Waals surface area contributed by atoms with Gasteiger partial charge in [0.1, 0.15) is 12.3 Å². The maximum atomic E-state index is 12.4. The van der Waals surface area contributed by atoms with Crippen LogP contribution in [-0.2, 0) is 26.2 Å². The van der Waals surface area contributed by atoms with Crippen molar-refractivity contribution in [3.05, 3.63) is 63.7 Å². The number of carbonyl (C=O) groups excluding carboxylic acids is 1. The van der Waals surface area contributed by atoms with Gasteiger partial charge in [-0.2, -0.15) is 0 Å². The maximum Gasteiger partial charge on any atom is 0.309 e. The van der Waals surface area contributed by atoms with Crippen molar-refractivity contribution in [2.75, 3.05) is 18.0 Å². The zero-order valence-corrected chi connectivity index (χ0v) is 17.3. The number of anilines is 1. The van der Waals surface area contributed by atoms with Crippen molar-refractivity contribution >= 4 is 27.4 Å². The Kier molecular flexibility index (Phi) is 6.37. The van der Waals surface area contributed by atoms with E-state index in [1.165, 1.54) is 12.1 Å². The van der Waals surface area contributed by atoms with Gasteiger partial charge in [-0.25, -0.2) is 13.6 Å². The van der Waals surface area contributed by atoms with E-state index in [0.29, 0.717) is 31.6 Å². The molecule has 2 aromatic rings. The van der Waals surface area contributed by atoms with E-state index in [-0.39, 0.29) is 29.1 Å². The van der Waals surface area contributed by atoms with Crippen LogP contribution in [0.4, 0.5) is 11.4 Å². The lowest BCUT2D eigenvalue weighted by Crippen LogP contribution is -2.37. The zero-order valence-electron chi connectivity index (χ0n) is 16.5. The van der Waals surface area contributed by atoms with Crippen LogP contribution < -0.4 is 10.0 Å². The minimum atomic E-state index is -4.04. The Bertz CT molecular complexity index is 1060. The van der Waals surface area contributed by atoms with Crippen molar-refractivity contribution in [2.45, 2.75) is 31.3 Å². The molecule has 10 heteroatoms. The summed E-state index contributed by atoms with van der Waals surface area (Å²) in [7, 11) is -4.04. The number of hydrogen-bond acceptors (Lipinski definition) is 7. The predicted molar refractivity (Wildman–Crippen MR) is 110 cm³/mol. The minimum Gasteiger partial charge on any atom is -0.461 e. The third-order valence-electron chi connectivity index (χ3n) is 5.10. The lowest BCUT2D eigenvalue weighted by molar-refractivity contribution is -0.384. The molecule has 0 aromatic heterocycles. The number of nitrogens with zero attached hydrogens (tertiary/aromatic N) is 2. The van der Waals surface area contributed by atoms with Crippen molar-refractivity contribution in [1.82, 2.24) is 0 Å². The van der Waals surface area contributed by atoms with Crippen molar-refractivity contribution in [3.8, 4) is 0 Å². The first kappa shape index (κ1) is 21.7. The molecule has 2 N–H and O–H groups in total. The third kappa shape index (κ3) is 5.14. The summed E-state index contributed by atoms with van der Waals surface area (Å²) in [6, 6.07) is 11.3. The molecule has 1 fully saturated rings. The van der Waals surface area contributed by atoms with Crippen molar-refractivity contribution < 1.29 is 22.9 Å². The highest BCUT2D eigenvalue weighted by Gasteiger charge is 2.30. The monoisotopic (exact) mass is 433 g/mol. The van der Waals surface area contributed by atoms with Gasteiger partial charge in [0.2, 0.25) is 10.0 Å². The van der Waals surface area contributed by atoms with Crippen LogP contribution in [0, 0.1) is 23.0 Å². The molecule has 0 saturated carbocycles. The Labute approximate surface area is 174 Å². The molecule has 3 rings (SSSR count). The standard InChI is InChI=1S/C20H23N3O6S/c1-14-3-2-4-15(11-14)13-29-20(24)16-7-9-22(10-8-16)18-6-5-17(30(21,27)28)12-19(18)23(25)26/h2-6,11-12,16H,7-10,13H2,1H3,(H2,21,27,28). The second kappa shape index (κ2) is 8.80. The number of primary sulfonamides is 1. The number of benzene rings is 2. The smallest absolute Gasteiger partial charge is 0.309 e. The average molecular weight is 433 g/mol. The number of carbonyl (C=O) groups is 1. The third-order valence-corrected chi connectivity index (χ3v) is 6.02. The molecular weight excluding hydrogens is 410 g/mol. The largest absolute Gasteiger partial charge is 0.461 e. The molecule has 0 amide bonds. The summed E-state index contributed by atoms with van der Waals surface area (Å²) in [6.07, 6.45) is 0.974. The lowest BCUT2D eigenvalue weighted by Gasteiger charge is -2.32. The van der Waals surface area contributed by atoms with E-state index in [4.69, 9.17) is 9.88 Å². The number of esters is 1. The average Bonchev–Trinajstić information content (AvgIpc) is 2.71. The van der Waals surface area contributed by atoms with Gasteiger partial charge in [-0.3, -0.25) is 14.9 Å². The SMILES string of the molecule is Cc1cccc(COC(=O)C2CCN(c3ccc(S(N)(=O)=O)cc3[N+](=O)[O-])CC2)c1. The topological polar surface area (TPSA) is 133 Å². The first-order valence-corrected chi connectivity index (χ1v) is 11.0. The highest BCUT2D eigenvalue weighted by molar-refractivity contribution is 7.89. The highest BCUT2D eigenvalue weighted by Crippen LogP contribution is 2.33. The van der Waals surface area contributed by atoms with Gasteiger partial charge in [-0.1, -0.05) is 29.8 Å². The first-order chi connectivity index (χ1) is 14.1. The molecule has 0 unspecified atom stereocenters. The van der Waals surface area contributed by atoms with Crippen LogP contribution in [0.3, 0.4) is 0 Å². The number of rotatable bonds is 6. The summed E-state index contributed by atoms with van der Waals surface area (Å²) in [5.74, 6) is -0.566. The van der Waals surface area contributed by atoms with Gasteiger partial charge >= 0.3 is 5.97 Å². The Morgan fingerprint density at radius 1 is 1.23 bits per heavy atom. The zero-order chi connectivity index (χ0) is 21.9. The van der Waals surface area contributed by atoms with Gasteiger partial charge in [-0.15, -0.1) is 0 Å². The molecule has 1 aliphatic rings. The van der Waals surface area contributed by atoms with E-state index < -0.39 is 14.9 Å². The van der Waals surface area contributed by atoms with Crippen LogP contribution in [0.2, 0.25) is 0 Å². The fraction of sp³-hybridized carbons (Fsp3) is 0.350. The van der Waals surface area contributed by atoms with Crippen molar-refractivity contribution in [3.63, 3.8) is 0 Å². The summed E-state index contributed by atoms with van der Waals surface area (Å²) in [5, 5.41) is 16.5. The molecule has 0 atom stereocenters. The summed E-state index contributed by atoms with van der Waals surface area (Å²) >= 11 is 0. The van der Waals surface area contributed by atoms with Crippen molar-refractivity contribution in [1.29, 1.82) is 0 Å². The van der Waals surface area contributed by atoms with Crippen molar-refractivity contribution in [2.24, 2.45) is 11.1 Å². The van der Waals surface area contributed by atoms with Gasteiger partial charge in [0.05, 0.1) is 15.7 Å². The number of piperidine rings is 1. The molecular formula is C20H23N3O6S. The predicted octanol–water partition coefficient (Wildman–Crippen LogP) is 2.51. The minimum absolute atomic E-state index is 0.210. The van der Waals surface area contributed by atoms with Crippen LogP contribution in [0.1, 0.15) is 24.0 Å². The molecule has 1 heterocycles. The van der Waals surface area contributed by atoms with E-state index in [9.17, 15) is 23.3 Å². The normalized spacial score (nSPS) is 15.1. The summed E-state index contributed by atoms with van der Waals surface area (Å²) in [5.41, 5.74) is 1.99. The number of nitrogens with two attached hydrogens (primary N) is 1. The molecule has 0 bridgehead atoms. The maximum absolute atomic E-state index is 12.4. The number of aryl methyl sites for hydroxylation is 1. The van der Waals surface area contributed by atoms with Gasteiger partial charge in [0.25, 0.3) is 5.69 Å². The second-order valence-corrected chi connectivity index (χ2v) is 8.87. The Balaban J connectivity index is 1.63. The van der Waals surface area contributed by atoms with Crippen LogP contribution in [0.15, 0.2) is 47.4 Å². The highest BCUT2D eigenvalue weighted by atomic mass is 32.2. The molecule has 30 heavy (non-hydrogen) atoms. The summed E-state index contributed by atoms with van der Waals surface area (Å²) in [4.78, 5) is 24.7. The number of nitro groups is 1. The molecule has 160 valence electrons. The summed E-state index contributed by atoms with van der Waals surface area (Å²) in [6.45, 7) is 3.01. The lowest BCUT2D eigenvalue weighted by atomic mass is 9.96. The fourth-order valence-corrected chi connectivity index (χ4v) is 4.06. The van der Waals surface area contributed by atoms with Crippen LogP contribution >= 0.6 is 0 Å².